The Hall–Kier alpha value is -1.23. The molecule has 1 fully saturated rings. The zero-order valence-electron chi connectivity index (χ0n) is 10.7. The van der Waals surface area contributed by atoms with Gasteiger partial charge in [0.05, 0.1) is 5.76 Å². The number of carbonyl (C=O) groups excluding carboxylic acids is 1. The summed E-state index contributed by atoms with van der Waals surface area (Å²) < 4.78 is 11.4. The fourth-order valence-electron chi connectivity index (χ4n) is 1.96. The van der Waals surface area contributed by atoms with Crippen LogP contribution in [0.15, 0.2) is 23.9 Å². The van der Waals surface area contributed by atoms with Gasteiger partial charge in [-0.2, -0.15) is 0 Å². The Morgan fingerprint density at radius 1 is 1.59 bits per heavy atom. The Kier molecular flexibility index (Phi) is 3.04. The molecule has 0 aromatic heterocycles. The summed E-state index contributed by atoms with van der Waals surface area (Å²) in [6.07, 6.45) is 2.82. The third-order valence-corrected chi connectivity index (χ3v) is 3.31. The highest BCUT2D eigenvalue weighted by Gasteiger charge is 2.44. The minimum Gasteiger partial charge on any atom is -0.534 e. The number of carbonyl (C=O) groups is 1. The highest BCUT2D eigenvalue weighted by molar-refractivity contribution is 6.55. The van der Waals surface area contributed by atoms with Gasteiger partial charge < -0.3 is 14.2 Å². The Balaban J connectivity index is 2.02. The first-order chi connectivity index (χ1) is 7.90. The standard InChI is InChI=1S/C12H18BNO3/c1-9-12(3,4)17-13(16-9)11-5-7-14(8-6-11)10(2)15/h5H,1,6-8H2,2-4H3. The second-order valence-corrected chi connectivity index (χ2v) is 5.00. The van der Waals surface area contributed by atoms with Crippen LogP contribution in [0.2, 0.25) is 0 Å². The van der Waals surface area contributed by atoms with Crippen molar-refractivity contribution in [2.45, 2.75) is 32.8 Å². The van der Waals surface area contributed by atoms with Gasteiger partial charge in [0.1, 0.15) is 5.60 Å². The van der Waals surface area contributed by atoms with E-state index in [2.05, 4.69) is 6.58 Å². The number of rotatable bonds is 1. The molecule has 0 aliphatic carbocycles. The van der Waals surface area contributed by atoms with Crippen molar-refractivity contribution in [1.82, 2.24) is 4.90 Å². The highest BCUT2D eigenvalue weighted by Crippen LogP contribution is 2.33. The molecule has 5 heteroatoms. The summed E-state index contributed by atoms with van der Waals surface area (Å²) >= 11 is 0. The molecule has 0 saturated carbocycles. The second kappa shape index (κ2) is 4.22. The molecule has 0 spiro atoms. The predicted molar refractivity (Wildman–Crippen MR) is 66.1 cm³/mol. The van der Waals surface area contributed by atoms with E-state index in [0.717, 1.165) is 18.4 Å². The number of hydrogen-bond acceptors (Lipinski definition) is 3. The van der Waals surface area contributed by atoms with Crippen molar-refractivity contribution in [3.63, 3.8) is 0 Å². The minimum absolute atomic E-state index is 0.110. The summed E-state index contributed by atoms with van der Waals surface area (Å²) in [6.45, 7) is 10.7. The molecule has 0 N–H and O–H groups in total. The van der Waals surface area contributed by atoms with Gasteiger partial charge in [-0.25, -0.2) is 0 Å². The first-order valence-corrected chi connectivity index (χ1v) is 5.88. The van der Waals surface area contributed by atoms with Gasteiger partial charge in [0.2, 0.25) is 5.91 Å². The Labute approximate surface area is 102 Å². The van der Waals surface area contributed by atoms with Gasteiger partial charge in [-0.1, -0.05) is 12.7 Å². The van der Waals surface area contributed by atoms with Crippen molar-refractivity contribution in [2.24, 2.45) is 0 Å². The van der Waals surface area contributed by atoms with Crippen molar-refractivity contribution < 1.29 is 14.1 Å². The largest absolute Gasteiger partial charge is 0.558 e. The number of amides is 1. The van der Waals surface area contributed by atoms with E-state index < -0.39 is 5.60 Å². The van der Waals surface area contributed by atoms with E-state index in [0.29, 0.717) is 12.3 Å². The molecule has 0 aromatic rings. The summed E-state index contributed by atoms with van der Waals surface area (Å²) in [5, 5.41) is 0. The predicted octanol–water partition coefficient (Wildman–Crippen LogP) is 1.53. The molecule has 2 aliphatic heterocycles. The maximum absolute atomic E-state index is 11.2. The molecule has 1 saturated heterocycles. The molecule has 92 valence electrons. The molecule has 17 heavy (non-hydrogen) atoms. The van der Waals surface area contributed by atoms with Gasteiger partial charge in [-0.3, -0.25) is 4.79 Å². The van der Waals surface area contributed by atoms with E-state index in [9.17, 15) is 4.79 Å². The lowest BCUT2D eigenvalue weighted by Gasteiger charge is -2.25. The van der Waals surface area contributed by atoms with Crippen LogP contribution in [0, 0.1) is 0 Å². The van der Waals surface area contributed by atoms with Crippen molar-refractivity contribution in [3.05, 3.63) is 23.9 Å². The normalized spacial score (nSPS) is 23.5. The van der Waals surface area contributed by atoms with Crippen LogP contribution in [-0.2, 0) is 14.1 Å². The smallest absolute Gasteiger partial charge is 0.534 e. The maximum Gasteiger partial charge on any atom is 0.558 e. The third kappa shape index (κ3) is 2.39. The van der Waals surface area contributed by atoms with Gasteiger partial charge >= 0.3 is 7.12 Å². The van der Waals surface area contributed by atoms with E-state index >= 15 is 0 Å². The van der Waals surface area contributed by atoms with Gasteiger partial charge in [0.25, 0.3) is 0 Å². The summed E-state index contributed by atoms with van der Waals surface area (Å²) in [5.41, 5.74) is 0.678. The lowest BCUT2D eigenvalue weighted by atomic mass is 9.75. The zero-order valence-corrected chi connectivity index (χ0v) is 10.7. The molecular weight excluding hydrogens is 217 g/mol. The van der Waals surface area contributed by atoms with Crippen LogP contribution < -0.4 is 0 Å². The van der Waals surface area contributed by atoms with E-state index in [1.165, 1.54) is 0 Å². The molecule has 0 atom stereocenters. The third-order valence-electron chi connectivity index (χ3n) is 3.31. The number of hydrogen-bond donors (Lipinski definition) is 0. The van der Waals surface area contributed by atoms with Crippen LogP contribution >= 0.6 is 0 Å². The molecule has 4 nitrogen and oxygen atoms in total. The lowest BCUT2D eigenvalue weighted by molar-refractivity contribution is -0.128. The summed E-state index contributed by atoms with van der Waals surface area (Å²) in [6, 6.07) is 0. The van der Waals surface area contributed by atoms with Gasteiger partial charge in [0.15, 0.2) is 0 Å². The second-order valence-electron chi connectivity index (χ2n) is 5.00. The maximum atomic E-state index is 11.2. The molecule has 1 amide bonds. The fourth-order valence-corrected chi connectivity index (χ4v) is 1.96. The van der Waals surface area contributed by atoms with Crippen LogP contribution in [0.1, 0.15) is 27.2 Å². The molecule has 0 bridgehead atoms. The Morgan fingerprint density at radius 3 is 2.71 bits per heavy atom. The van der Waals surface area contributed by atoms with Crippen LogP contribution in [0.25, 0.3) is 0 Å². The molecule has 0 radical (unpaired) electrons. The summed E-state index contributed by atoms with van der Waals surface area (Å²) in [7, 11) is -0.327. The SMILES string of the molecule is C=C1OB(C2=CCN(C(C)=O)CC2)OC1(C)C. The van der Waals surface area contributed by atoms with Crippen LogP contribution in [-0.4, -0.2) is 36.6 Å². The quantitative estimate of drug-likeness (QED) is 0.647. The molecule has 2 aliphatic rings. The topological polar surface area (TPSA) is 38.8 Å². The number of nitrogens with zero attached hydrogens (tertiary/aromatic N) is 1. The monoisotopic (exact) mass is 235 g/mol. The van der Waals surface area contributed by atoms with Crippen molar-refractivity contribution in [1.29, 1.82) is 0 Å². The molecule has 0 unspecified atom stereocenters. The molecule has 2 heterocycles. The Morgan fingerprint density at radius 2 is 2.29 bits per heavy atom. The average molecular weight is 235 g/mol. The van der Waals surface area contributed by atoms with Gasteiger partial charge in [-0.05, 0) is 25.7 Å². The highest BCUT2D eigenvalue weighted by atomic mass is 16.7. The van der Waals surface area contributed by atoms with E-state index in [1.807, 2.05) is 19.9 Å². The van der Waals surface area contributed by atoms with Crippen molar-refractivity contribution in [2.75, 3.05) is 13.1 Å². The van der Waals surface area contributed by atoms with Crippen molar-refractivity contribution in [3.8, 4) is 0 Å². The van der Waals surface area contributed by atoms with Crippen LogP contribution in [0.4, 0.5) is 0 Å². The van der Waals surface area contributed by atoms with E-state index in [1.54, 1.807) is 11.8 Å². The average Bonchev–Trinajstić information content (AvgIpc) is 2.54. The van der Waals surface area contributed by atoms with Gasteiger partial charge in [-0.15, -0.1) is 0 Å². The van der Waals surface area contributed by atoms with Crippen LogP contribution in [0.3, 0.4) is 0 Å². The van der Waals surface area contributed by atoms with E-state index in [-0.39, 0.29) is 13.0 Å². The first-order valence-electron chi connectivity index (χ1n) is 5.88. The first kappa shape index (κ1) is 12.2. The minimum atomic E-state index is -0.427. The summed E-state index contributed by atoms with van der Waals surface area (Å²) in [4.78, 5) is 13.0. The molecular formula is C12H18BNO3. The molecule has 2 rings (SSSR count). The summed E-state index contributed by atoms with van der Waals surface area (Å²) in [5.74, 6) is 0.774. The Bertz CT molecular complexity index is 389. The fraction of sp³-hybridized carbons (Fsp3) is 0.583. The van der Waals surface area contributed by atoms with Gasteiger partial charge in [0, 0.05) is 20.0 Å². The van der Waals surface area contributed by atoms with Crippen LogP contribution in [0.5, 0.6) is 0 Å². The zero-order chi connectivity index (χ0) is 12.6. The lowest BCUT2D eigenvalue weighted by Crippen LogP contribution is -2.36. The van der Waals surface area contributed by atoms with Crippen molar-refractivity contribution >= 4 is 13.0 Å². The van der Waals surface area contributed by atoms with E-state index in [4.69, 9.17) is 9.31 Å². The molecule has 0 aromatic carbocycles.